The van der Waals surface area contributed by atoms with Gasteiger partial charge in [-0.15, -0.1) is 0 Å². The summed E-state index contributed by atoms with van der Waals surface area (Å²) in [5.41, 5.74) is 3.26. The maximum Gasteiger partial charge on any atom is -0.0132 e. The smallest absolute Gasteiger partial charge is 0.0132 e. The summed E-state index contributed by atoms with van der Waals surface area (Å²) < 4.78 is 0. The lowest BCUT2D eigenvalue weighted by Crippen LogP contribution is -2.10. The van der Waals surface area contributed by atoms with Crippen LogP contribution in [0.3, 0.4) is 0 Å². The Kier molecular flexibility index (Phi) is 3.37. The highest BCUT2D eigenvalue weighted by molar-refractivity contribution is 5.27. The fourth-order valence-electron chi connectivity index (χ4n) is 2.69. The number of benzene rings is 1. The Labute approximate surface area is 100 Å². The molecule has 0 bridgehead atoms. The van der Waals surface area contributed by atoms with Crippen molar-refractivity contribution in [3.8, 4) is 0 Å². The molecule has 0 N–H and O–H groups in total. The topological polar surface area (TPSA) is 0 Å². The fourth-order valence-corrected chi connectivity index (χ4v) is 2.69. The highest BCUT2D eigenvalue weighted by Gasteiger charge is 2.16. The first-order valence-electron chi connectivity index (χ1n) is 6.65. The minimum absolute atomic E-state index is 0.284. The summed E-state index contributed by atoms with van der Waals surface area (Å²) in [5.74, 6) is 0.959. The standard InChI is InChI=1S/C16H24/c1-16(2,3)15-10-8-14(9-11-15)12-13-6-4-5-7-13/h8-11,13H,4-7,12H2,1-3H3. The van der Waals surface area contributed by atoms with Crippen LogP contribution in [0.15, 0.2) is 24.3 Å². The normalized spacial score (nSPS) is 17.9. The minimum atomic E-state index is 0.284. The molecule has 0 radical (unpaired) electrons. The molecule has 0 unspecified atom stereocenters. The van der Waals surface area contributed by atoms with Gasteiger partial charge in [-0.3, -0.25) is 0 Å². The van der Waals surface area contributed by atoms with Gasteiger partial charge in [0, 0.05) is 0 Å². The van der Waals surface area contributed by atoms with Gasteiger partial charge in [-0.2, -0.15) is 0 Å². The van der Waals surface area contributed by atoms with E-state index in [1.807, 2.05) is 0 Å². The van der Waals surface area contributed by atoms with Crippen LogP contribution in [0.5, 0.6) is 0 Å². The van der Waals surface area contributed by atoms with E-state index in [-0.39, 0.29) is 5.41 Å². The third kappa shape index (κ3) is 2.87. The average molecular weight is 216 g/mol. The van der Waals surface area contributed by atoms with Gasteiger partial charge in [0.2, 0.25) is 0 Å². The molecule has 1 fully saturated rings. The molecule has 88 valence electrons. The molecule has 1 saturated carbocycles. The molecule has 2 rings (SSSR count). The maximum atomic E-state index is 2.33. The van der Waals surface area contributed by atoms with Crippen molar-refractivity contribution in [1.29, 1.82) is 0 Å². The first kappa shape index (κ1) is 11.7. The van der Waals surface area contributed by atoms with Crippen LogP contribution in [-0.2, 0) is 11.8 Å². The Bertz CT molecular complexity index is 320. The molecule has 1 aromatic rings. The van der Waals surface area contributed by atoms with E-state index in [2.05, 4.69) is 45.0 Å². The van der Waals surface area contributed by atoms with Crippen molar-refractivity contribution in [2.75, 3.05) is 0 Å². The SMILES string of the molecule is CC(C)(C)c1ccc(CC2CCCC2)cc1. The van der Waals surface area contributed by atoms with E-state index in [4.69, 9.17) is 0 Å². The van der Waals surface area contributed by atoms with Crippen molar-refractivity contribution >= 4 is 0 Å². The minimum Gasteiger partial charge on any atom is -0.0587 e. The number of hydrogen-bond acceptors (Lipinski definition) is 0. The summed E-state index contributed by atoms with van der Waals surface area (Å²) in [6.45, 7) is 6.83. The largest absolute Gasteiger partial charge is 0.0587 e. The van der Waals surface area contributed by atoms with E-state index >= 15 is 0 Å². The van der Waals surface area contributed by atoms with E-state index in [1.165, 1.54) is 43.2 Å². The maximum absolute atomic E-state index is 2.33. The van der Waals surface area contributed by atoms with Gasteiger partial charge < -0.3 is 0 Å². The zero-order valence-electron chi connectivity index (χ0n) is 10.9. The molecule has 0 aliphatic heterocycles. The monoisotopic (exact) mass is 216 g/mol. The van der Waals surface area contributed by atoms with Gasteiger partial charge in [-0.05, 0) is 28.9 Å². The second kappa shape index (κ2) is 4.61. The van der Waals surface area contributed by atoms with Crippen molar-refractivity contribution in [3.63, 3.8) is 0 Å². The van der Waals surface area contributed by atoms with Gasteiger partial charge in [0.25, 0.3) is 0 Å². The number of hydrogen-bond donors (Lipinski definition) is 0. The van der Waals surface area contributed by atoms with Gasteiger partial charge in [0.15, 0.2) is 0 Å². The van der Waals surface area contributed by atoms with E-state index in [0.717, 1.165) is 5.92 Å². The Morgan fingerprint density at radius 2 is 1.56 bits per heavy atom. The zero-order chi connectivity index (χ0) is 11.6. The summed E-state index contributed by atoms with van der Waals surface area (Å²) in [7, 11) is 0. The Morgan fingerprint density at radius 1 is 1.00 bits per heavy atom. The van der Waals surface area contributed by atoms with Crippen molar-refractivity contribution in [3.05, 3.63) is 35.4 Å². The van der Waals surface area contributed by atoms with Crippen molar-refractivity contribution in [2.24, 2.45) is 5.92 Å². The lowest BCUT2D eigenvalue weighted by Gasteiger charge is -2.19. The molecule has 16 heavy (non-hydrogen) atoms. The molecule has 0 atom stereocenters. The van der Waals surface area contributed by atoms with Crippen LogP contribution in [0.25, 0.3) is 0 Å². The molecule has 0 heterocycles. The molecular formula is C16H24. The van der Waals surface area contributed by atoms with Gasteiger partial charge in [0.1, 0.15) is 0 Å². The second-order valence-electron chi connectivity index (χ2n) is 6.30. The van der Waals surface area contributed by atoms with E-state index in [9.17, 15) is 0 Å². The van der Waals surface area contributed by atoms with E-state index in [1.54, 1.807) is 0 Å². The van der Waals surface area contributed by atoms with Gasteiger partial charge in [-0.1, -0.05) is 70.7 Å². The van der Waals surface area contributed by atoms with Crippen LogP contribution >= 0.6 is 0 Å². The number of rotatable bonds is 2. The molecule has 0 aromatic heterocycles. The van der Waals surface area contributed by atoms with Crippen LogP contribution in [0, 0.1) is 5.92 Å². The summed E-state index contributed by atoms with van der Waals surface area (Å²) in [6, 6.07) is 9.28. The van der Waals surface area contributed by atoms with Gasteiger partial charge >= 0.3 is 0 Å². The molecule has 0 spiro atoms. The Hall–Kier alpha value is -0.780. The van der Waals surface area contributed by atoms with Crippen LogP contribution in [-0.4, -0.2) is 0 Å². The summed E-state index contributed by atoms with van der Waals surface area (Å²) in [4.78, 5) is 0. The molecule has 1 aliphatic rings. The summed E-state index contributed by atoms with van der Waals surface area (Å²) >= 11 is 0. The van der Waals surface area contributed by atoms with Gasteiger partial charge in [-0.25, -0.2) is 0 Å². The Balaban J connectivity index is 2.01. The Morgan fingerprint density at radius 3 is 2.06 bits per heavy atom. The first-order chi connectivity index (χ1) is 7.55. The molecule has 0 nitrogen and oxygen atoms in total. The lowest BCUT2D eigenvalue weighted by atomic mass is 9.86. The second-order valence-corrected chi connectivity index (χ2v) is 6.30. The van der Waals surface area contributed by atoms with Crippen LogP contribution < -0.4 is 0 Å². The van der Waals surface area contributed by atoms with E-state index in [0.29, 0.717) is 0 Å². The molecule has 0 saturated heterocycles. The lowest BCUT2D eigenvalue weighted by molar-refractivity contribution is 0.545. The van der Waals surface area contributed by atoms with E-state index < -0.39 is 0 Å². The predicted octanol–water partition coefficient (Wildman–Crippen LogP) is 4.72. The van der Waals surface area contributed by atoms with Crippen LogP contribution in [0.4, 0.5) is 0 Å². The summed E-state index contributed by atoms with van der Waals surface area (Å²) in [6.07, 6.45) is 7.09. The van der Waals surface area contributed by atoms with Crippen molar-refractivity contribution in [1.82, 2.24) is 0 Å². The quantitative estimate of drug-likeness (QED) is 0.671. The summed E-state index contributed by atoms with van der Waals surface area (Å²) in [5, 5.41) is 0. The predicted molar refractivity (Wildman–Crippen MR) is 70.8 cm³/mol. The van der Waals surface area contributed by atoms with Crippen LogP contribution in [0.2, 0.25) is 0 Å². The van der Waals surface area contributed by atoms with Crippen LogP contribution in [0.1, 0.15) is 57.6 Å². The third-order valence-electron chi connectivity index (χ3n) is 3.82. The molecule has 0 heteroatoms. The van der Waals surface area contributed by atoms with Gasteiger partial charge in [0.05, 0.1) is 0 Å². The molecule has 1 aliphatic carbocycles. The molecule has 0 amide bonds. The highest BCUT2D eigenvalue weighted by Crippen LogP contribution is 2.29. The third-order valence-corrected chi connectivity index (χ3v) is 3.82. The fraction of sp³-hybridized carbons (Fsp3) is 0.625. The van der Waals surface area contributed by atoms with Crippen molar-refractivity contribution in [2.45, 2.75) is 58.3 Å². The first-order valence-corrected chi connectivity index (χ1v) is 6.65. The zero-order valence-corrected chi connectivity index (χ0v) is 10.9. The van der Waals surface area contributed by atoms with Crippen molar-refractivity contribution < 1.29 is 0 Å². The molecular weight excluding hydrogens is 192 g/mol. The average Bonchev–Trinajstić information content (AvgIpc) is 2.70. The molecule has 1 aromatic carbocycles. The highest BCUT2D eigenvalue weighted by atomic mass is 14.2.